The van der Waals surface area contributed by atoms with Crippen LogP contribution in [0, 0.1) is 23.0 Å². The van der Waals surface area contributed by atoms with Crippen molar-refractivity contribution >= 4 is 5.97 Å². The number of rotatable bonds is 2. The number of ether oxygens (including phenoxy) is 1. The molecule has 0 spiro atoms. The van der Waals surface area contributed by atoms with Crippen LogP contribution in [0.5, 0.6) is 0 Å². The molecule has 0 aliphatic rings. The molecule has 96 valence electrons. The van der Waals surface area contributed by atoms with E-state index in [0.717, 1.165) is 12.1 Å². The zero-order chi connectivity index (χ0) is 13.9. The molecular weight excluding hydrogens is 240 g/mol. The van der Waals surface area contributed by atoms with E-state index in [4.69, 9.17) is 10.00 Å². The Balaban J connectivity index is 2.88. The van der Waals surface area contributed by atoms with E-state index in [1.807, 2.05) is 0 Å². The fourth-order valence-electron chi connectivity index (χ4n) is 1.38. The summed E-state index contributed by atoms with van der Waals surface area (Å²) < 4.78 is 31.6. The van der Waals surface area contributed by atoms with Crippen molar-refractivity contribution in [2.45, 2.75) is 32.8 Å². The van der Waals surface area contributed by atoms with E-state index >= 15 is 0 Å². The van der Waals surface area contributed by atoms with Gasteiger partial charge >= 0.3 is 5.97 Å². The van der Waals surface area contributed by atoms with Crippen LogP contribution >= 0.6 is 0 Å². The van der Waals surface area contributed by atoms with Gasteiger partial charge < -0.3 is 4.74 Å². The molecule has 1 aromatic carbocycles. The van der Waals surface area contributed by atoms with Crippen LogP contribution in [-0.4, -0.2) is 11.6 Å². The van der Waals surface area contributed by atoms with Crippen LogP contribution in [0.15, 0.2) is 12.1 Å². The van der Waals surface area contributed by atoms with Gasteiger partial charge in [0.25, 0.3) is 0 Å². The quantitative estimate of drug-likeness (QED) is 0.761. The highest BCUT2D eigenvalue weighted by atomic mass is 19.1. The minimum absolute atomic E-state index is 0.137. The fraction of sp³-hybridized carbons (Fsp3) is 0.385. The summed E-state index contributed by atoms with van der Waals surface area (Å²) in [6, 6.07) is 3.34. The fourth-order valence-corrected chi connectivity index (χ4v) is 1.38. The smallest absolute Gasteiger partial charge is 0.310 e. The van der Waals surface area contributed by atoms with Crippen LogP contribution in [0.25, 0.3) is 0 Å². The minimum atomic E-state index is -0.976. The molecule has 0 aliphatic heterocycles. The molecular formula is C13H13F2NO2. The molecule has 0 unspecified atom stereocenters. The molecule has 0 N–H and O–H groups in total. The third-order valence-corrected chi connectivity index (χ3v) is 1.98. The lowest BCUT2D eigenvalue weighted by atomic mass is 10.1. The first-order chi connectivity index (χ1) is 8.23. The number of hydrogen-bond donors (Lipinski definition) is 0. The van der Waals surface area contributed by atoms with Crippen LogP contribution < -0.4 is 0 Å². The predicted octanol–water partition coefficient (Wildman–Crippen LogP) is 2.72. The highest BCUT2D eigenvalue weighted by Crippen LogP contribution is 2.16. The van der Waals surface area contributed by atoms with Crippen molar-refractivity contribution in [3.8, 4) is 6.07 Å². The Morgan fingerprint density at radius 2 is 1.83 bits per heavy atom. The van der Waals surface area contributed by atoms with Crippen molar-refractivity contribution in [1.29, 1.82) is 5.26 Å². The lowest BCUT2D eigenvalue weighted by Gasteiger charge is -2.19. The molecule has 0 atom stereocenters. The first-order valence-electron chi connectivity index (χ1n) is 5.33. The van der Waals surface area contributed by atoms with Gasteiger partial charge in [-0.2, -0.15) is 5.26 Å². The van der Waals surface area contributed by atoms with Gasteiger partial charge in [0.1, 0.15) is 28.9 Å². The van der Waals surface area contributed by atoms with E-state index in [1.54, 1.807) is 20.8 Å². The van der Waals surface area contributed by atoms with Gasteiger partial charge in [0.2, 0.25) is 0 Å². The molecule has 1 rings (SSSR count). The molecule has 5 heteroatoms. The van der Waals surface area contributed by atoms with Crippen molar-refractivity contribution < 1.29 is 18.3 Å². The average molecular weight is 253 g/mol. The third-order valence-electron chi connectivity index (χ3n) is 1.98. The number of hydrogen-bond acceptors (Lipinski definition) is 3. The molecule has 0 fully saturated rings. The molecule has 0 bridgehead atoms. The van der Waals surface area contributed by atoms with E-state index in [-0.39, 0.29) is 12.0 Å². The highest BCUT2D eigenvalue weighted by Gasteiger charge is 2.18. The van der Waals surface area contributed by atoms with Crippen molar-refractivity contribution in [1.82, 2.24) is 0 Å². The Morgan fingerprint density at radius 1 is 1.33 bits per heavy atom. The maximum absolute atomic E-state index is 13.3. The van der Waals surface area contributed by atoms with Crippen LogP contribution in [0.1, 0.15) is 31.9 Å². The monoisotopic (exact) mass is 253 g/mol. The largest absolute Gasteiger partial charge is 0.460 e. The van der Waals surface area contributed by atoms with E-state index < -0.39 is 28.8 Å². The maximum Gasteiger partial charge on any atom is 0.310 e. The molecule has 3 nitrogen and oxygen atoms in total. The number of halogens is 2. The number of carbonyl (C=O) groups excluding carboxylic acids is 1. The average Bonchev–Trinajstić information content (AvgIpc) is 2.13. The van der Waals surface area contributed by atoms with Crippen molar-refractivity contribution in [3.05, 3.63) is 34.9 Å². The van der Waals surface area contributed by atoms with Crippen molar-refractivity contribution in [2.24, 2.45) is 0 Å². The van der Waals surface area contributed by atoms with Crippen LogP contribution in [-0.2, 0) is 16.0 Å². The Kier molecular flexibility index (Phi) is 4.02. The Labute approximate surface area is 104 Å². The number of nitriles is 1. The van der Waals surface area contributed by atoms with Crippen LogP contribution in [0.2, 0.25) is 0 Å². The van der Waals surface area contributed by atoms with Gasteiger partial charge in [-0.1, -0.05) is 0 Å². The van der Waals surface area contributed by atoms with Crippen LogP contribution in [0.3, 0.4) is 0 Å². The third kappa shape index (κ3) is 3.81. The topological polar surface area (TPSA) is 50.1 Å². The summed E-state index contributed by atoms with van der Waals surface area (Å²) >= 11 is 0. The van der Waals surface area contributed by atoms with Gasteiger partial charge in [0, 0.05) is 0 Å². The number of nitrogens with zero attached hydrogens (tertiary/aromatic N) is 1. The molecule has 0 amide bonds. The van der Waals surface area contributed by atoms with Gasteiger partial charge in [-0.05, 0) is 38.5 Å². The lowest BCUT2D eigenvalue weighted by Crippen LogP contribution is -2.25. The molecule has 0 radical (unpaired) electrons. The van der Waals surface area contributed by atoms with Gasteiger partial charge in [-0.15, -0.1) is 0 Å². The standard InChI is InChI=1S/C13H13F2NO2/c1-13(2,3)18-12(17)6-8-4-10(14)9(7-16)11(15)5-8/h4-5H,6H2,1-3H3. The molecule has 18 heavy (non-hydrogen) atoms. The number of esters is 1. The lowest BCUT2D eigenvalue weighted by molar-refractivity contribution is -0.153. The van der Waals surface area contributed by atoms with E-state index in [1.165, 1.54) is 6.07 Å². The summed E-state index contributed by atoms with van der Waals surface area (Å²) in [4.78, 5) is 11.5. The number of carbonyl (C=O) groups is 1. The number of benzene rings is 1. The first-order valence-corrected chi connectivity index (χ1v) is 5.33. The maximum atomic E-state index is 13.3. The summed E-state index contributed by atoms with van der Waals surface area (Å²) in [6.07, 6.45) is -0.239. The SMILES string of the molecule is CC(C)(C)OC(=O)Cc1cc(F)c(C#N)c(F)c1. The molecule has 0 saturated heterocycles. The Hall–Kier alpha value is -1.96. The first kappa shape index (κ1) is 14.1. The van der Waals surface area contributed by atoms with E-state index in [2.05, 4.69) is 0 Å². The van der Waals surface area contributed by atoms with Gasteiger partial charge in [0.05, 0.1) is 6.42 Å². The normalized spacial score (nSPS) is 10.9. The Bertz CT molecular complexity index is 490. The predicted molar refractivity (Wildman–Crippen MR) is 60.6 cm³/mol. The molecule has 0 saturated carbocycles. The van der Waals surface area contributed by atoms with Crippen LogP contribution in [0.4, 0.5) is 8.78 Å². The van der Waals surface area contributed by atoms with Crippen molar-refractivity contribution in [2.75, 3.05) is 0 Å². The van der Waals surface area contributed by atoms with E-state index in [0.29, 0.717) is 0 Å². The molecule has 0 aromatic heterocycles. The second-order valence-corrected chi connectivity index (χ2v) is 4.81. The van der Waals surface area contributed by atoms with E-state index in [9.17, 15) is 13.6 Å². The zero-order valence-electron chi connectivity index (χ0n) is 10.4. The molecule has 0 aliphatic carbocycles. The van der Waals surface area contributed by atoms with Gasteiger partial charge in [0.15, 0.2) is 0 Å². The summed E-state index contributed by atoms with van der Waals surface area (Å²) in [5, 5.41) is 8.50. The summed E-state index contributed by atoms with van der Waals surface area (Å²) in [5.74, 6) is -2.53. The van der Waals surface area contributed by atoms with Gasteiger partial charge in [-0.3, -0.25) is 4.79 Å². The summed E-state index contributed by atoms with van der Waals surface area (Å²) in [5.41, 5.74) is -1.16. The zero-order valence-corrected chi connectivity index (χ0v) is 10.4. The van der Waals surface area contributed by atoms with Gasteiger partial charge in [-0.25, -0.2) is 8.78 Å². The Morgan fingerprint density at radius 3 is 2.22 bits per heavy atom. The summed E-state index contributed by atoms with van der Waals surface area (Å²) in [6.45, 7) is 5.10. The second-order valence-electron chi connectivity index (χ2n) is 4.81. The molecule has 1 aromatic rings. The minimum Gasteiger partial charge on any atom is -0.460 e. The summed E-state index contributed by atoms with van der Waals surface area (Å²) in [7, 11) is 0. The second kappa shape index (κ2) is 5.13. The molecule has 0 heterocycles. The highest BCUT2D eigenvalue weighted by molar-refractivity contribution is 5.73. The van der Waals surface area contributed by atoms with Crippen molar-refractivity contribution in [3.63, 3.8) is 0 Å².